The van der Waals surface area contributed by atoms with Crippen LogP contribution >= 0.6 is 24.6 Å². The average Bonchev–Trinajstić information content (AvgIpc) is 3.42. The number of benzene rings is 1. The van der Waals surface area contributed by atoms with Crippen molar-refractivity contribution in [3.05, 3.63) is 60.3 Å². The van der Waals surface area contributed by atoms with Gasteiger partial charge in [-0.15, -0.1) is 0 Å². The maximum atomic E-state index is 13.2. The molecule has 3 heterocycles. The summed E-state index contributed by atoms with van der Waals surface area (Å²) >= 11 is 5.97. The topological polar surface area (TPSA) is 69.7 Å². The van der Waals surface area contributed by atoms with Crippen LogP contribution in [-0.4, -0.2) is 41.8 Å². The fraction of sp³-hybridized carbons (Fsp3) is 0.462. The molecule has 5 rings (SSSR count). The van der Waals surface area contributed by atoms with Crippen LogP contribution in [0.25, 0.3) is 0 Å². The fourth-order valence-electron chi connectivity index (χ4n) is 4.69. The molecule has 3 aliphatic rings. The van der Waals surface area contributed by atoms with Gasteiger partial charge < -0.3 is 9.64 Å². The first-order chi connectivity index (χ1) is 18.1. The second kappa shape index (κ2) is 11.0. The first kappa shape index (κ1) is 27.2. The summed E-state index contributed by atoms with van der Waals surface area (Å²) < 4.78 is 48.1. The summed E-state index contributed by atoms with van der Waals surface area (Å²) in [7, 11) is 0. The second-order valence-corrected chi connectivity index (χ2v) is 11.5. The van der Waals surface area contributed by atoms with Crippen LogP contribution in [0.2, 0.25) is 0 Å². The Morgan fingerprint density at radius 3 is 2.68 bits per heavy atom. The van der Waals surface area contributed by atoms with Gasteiger partial charge in [0.25, 0.3) is 5.91 Å². The number of carbonyl (C=O) groups excluding carboxylic acids is 1. The first-order valence-corrected chi connectivity index (χ1v) is 13.9. The number of nitrogens with one attached hydrogen (secondary N) is 2. The highest BCUT2D eigenvalue weighted by atomic mass is 32.2. The van der Waals surface area contributed by atoms with E-state index < -0.39 is 17.8 Å². The van der Waals surface area contributed by atoms with Gasteiger partial charge >= 0.3 is 6.18 Å². The Hall–Kier alpha value is -2.41. The predicted octanol–water partition coefficient (Wildman–Crippen LogP) is 5.53. The third-order valence-electron chi connectivity index (χ3n) is 7.12. The van der Waals surface area contributed by atoms with Crippen molar-refractivity contribution in [2.24, 2.45) is 11.3 Å². The van der Waals surface area contributed by atoms with E-state index in [2.05, 4.69) is 17.1 Å². The van der Waals surface area contributed by atoms with Crippen LogP contribution in [0.1, 0.15) is 43.0 Å². The number of amides is 1. The highest BCUT2D eigenvalue weighted by molar-refractivity contribution is 7.98. The molecule has 2 fully saturated rings. The van der Waals surface area contributed by atoms with Crippen LogP contribution in [0.4, 0.5) is 24.8 Å². The van der Waals surface area contributed by atoms with Crippen LogP contribution in [0.15, 0.2) is 59.6 Å². The summed E-state index contributed by atoms with van der Waals surface area (Å²) in [5.41, 5.74) is 1.95. The molecule has 3 atom stereocenters. The molecule has 1 aliphatic carbocycles. The Bertz CT molecular complexity index is 1180. The molecule has 7 nitrogen and oxygen atoms in total. The number of thiol groups is 1. The van der Waals surface area contributed by atoms with E-state index in [0.29, 0.717) is 29.7 Å². The largest absolute Gasteiger partial charge is 0.394 e. The maximum absolute atomic E-state index is 13.2. The highest BCUT2D eigenvalue weighted by Gasteiger charge is 2.62. The minimum Gasteiger partial charge on any atom is -0.358 e. The number of rotatable bonds is 9. The predicted molar refractivity (Wildman–Crippen MR) is 145 cm³/mol. The van der Waals surface area contributed by atoms with Gasteiger partial charge in [0.15, 0.2) is 0 Å². The Kier molecular flexibility index (Phi) is 7.86. The Balaban J connectivity index is 1.27. The minimum absolute atomic E-state index is 0.000769. The molecule has 0 spiro atoms. The van der Waals surface area contributed by atoms with Crippen LogP contribution < -0.4 is 20.1 Å². The third-order valence-corrected chi connectivity index (χ3v) is 8.40. The molecule has 0 radical (unpaired) electrons. The number of nitrogens with zero attached hydrogens (tertiary/aromatic N) is 3. The normalized spacial score (nSPS) is 24.2. The lowest BCUT2D eigenvalue weighted by molar-refractivity contribution is -0.192. The molecule has 1 amide bonds. The van der Waals surface area contributed by atoms with E-state index in [1.807, 2.05) is 35.2 Å². The SMILES string of the molecule is C[C@H]1CC(S)N(c2nc(N3C=CC(OCCC4(C(F)(F)F)CC4)N3)ccc2C(=O)NSc2ccccc2)C1. The molecule has 1 aromatic heterocycles. The number of aromatic nitrogens is 1. The summed E-state index contributed by atoms with van der Waals surface area (Å²) in [6, 6.07) is 13.0. The summed E-state index contributed by atoms with van der Waals surface area (Å²) in [5.74, 6) is 1.19. The highest BCUT2D eigenvalue weighted by Crippen LogP contribution is 2.59. The van der Waals surface area contributed by atoms with E-state index in [4.69, 9.17) is 22.3 Å². The van der Waals surface area contributed by atoms with Gasteiger partial charge in [0.2, 0.25) is 0 Å². The van der Waals surface area contributed by atoms with Crippen molar-refractivity contribution in [2.75, 3.05) is 23.1 Å². The van der Waals surface area contributed by atoms with E-state index >= 15 is 0 Å². The quantitative estimate of drug-likeness (QED) is 0.273. The monoisotopic (exact) mass is 565 g/mol. The van der Waals surface area contributed by atoms with Crippen molar-refractivity contribution in [1.29, 1.82) is 0 Å². The van der Waals surface area contributed by atoms with Gasteiger partial charge in [-0.3, -0.25) is 14.5 Å². The van der Waals surface area contributed by atoms with Gasteiger partial charge in [-0.1, -0.05) is 25.1 Å². The Morgan fingerprint density at radius 1 is 1.26 bits per heavy atom. The van der Waals surface area contributed by atoms with Gasteiger partial charge in [0, 0.05) is 24.2 Å². The van der Waals surface area contributed by atoms with Crippen molar-refractivity contribution in [2.45, 2.75) is 55.3 Å². The number of carbonyl (C=O) groups is 1. The average molecular weight is 566 g/mol. The summed E-state index contributed by atoms with van der Waals surface area (Å²) in [6.45, 7) is 2.85. The molecule has 204 valence electrons. The number of hydrogen-bond acceptors (Lipinski definition) is 8. The van der Waals surface area contributed by atoms with E-state index in [1.165, 1.54) is 11.9 Å². The molecular formula is C26H30F3N5O2S2. The molecular weight excluding hydrogens is 535 g/mol. The van der Waals surface area contributed by atoms with Crippen molar-refractivity contribution < 1.29 is 22.7 Å². The van der Waals surface area contributed by atoms with E-state index in [-0.39, 0.29) is 37.2 Å². The Morgan fingerprint density at radius 2 is 2.03 bits per heavy atom. The third kappa shape index (κ3) is 5.93. The maximum Gasteiger partial charge on any atom is 0.394 e. The Labute approximate surface area is 229 Å². The number of halogens is 3. The van der Waals surface area contributed by atoms with Crippen LogP contribution in [0, 0.1) is 11.3 Å². The van der Waals surface area contributed by atoms with Crippen molar-refractivity contribution in [3.63, 3.8) is 0 Å². The van der Waals surface area contributed by atoms with Gasteiger partial charge in [-0.2, -0.15) is 31.2 Å². The molecule has 1 aromatic carbocycles. The fourth-order valence-corrected chi connectivity index (χ4v) is 5.87. The molecule has 2 aromatic rings. The number of hydrazine groups is 1. The summed E-state index contributed by atoms with van der Waals surface area (Å²) in [6.07, 6.45) is -0.159. The lowest BCUT2D eigenvalue weighted by Crippen LogP contribution is -2.38. The number of ether oxygens (including phenoxy) is 1. The number of pyridine rings is 1. The zero-order chi connectivity index (χ0) is 26.9. The van der Waals surface area contributed by atoms with Gasteiger partial charge in [-0.25, -0.2) is 4.98 Å². The smallest absolute Gasteiger partial charge is 0.358 e. The van der Waals surface area contributed by atoms with E-state index in [1.54, 1.807) is 29.4 Å². The second-order valence-electron chi connectivity index (χ2n) is 10.0. The van der Waals surface area contributed by atoms with Gasteiger partial charge in [-0.05, 0) is 73.9 Å². The van der Waals surface area contributed by atoms with Crippen LogP contribution in [-0.2, 0) is 4.74 Å². The zero-order valence-corrected chi connectivity index (χ0v) is 22.5. The molecule has 2 N–H and O–H groups in total. The summed E-state index contributed by atoms with van der Waals surface area (Å²) in [5, 5.41) is 1.57. The minimum atomic E-state index is -4.19. The van der Waals surface area contributed by atoms with Crippen molar-refractivity contribution >= 4 is 42.1 Å². The van der Waals surface area contributed by atoms with E-state index in [9.17, 15) is 18.0 Å². The van der Waals surface area contributed by atoms with Crippen molar-refractivity contribution in [3.8, 4) is 0 Å². The molecule has 2 aliphatic heterocycles. The van der Waals surface area contributed by atoms with E-state index in [0.717, 1.165) is 11.3 Å². The first-order valence-electron chi connectivity index (χ1n) is 12.6. The molecule has 38 heavy (non-hydrogen) atoms. The summed E-state index contributed by atoms with van der Waals surface area (Å²) in [4.78, 5) is 20.9. The number of anilines is 2. The molecule has 1 saturated heterocycles. The van der Waals surface area contributed by atoms with Gasteiger partial charge in [0.1, 0.15) is 17.9 Å². The van der Waals surface area contributed by atoms with Crippen LogP contribution in [0.5, 0.6) is 0 Å². The molecule has 2 unspecified atom stereocenters. The van der Waals surface area contributed by atoms with Crippen LogP contribution in [0.3, 0.4) is 0 Å². The molecule has 1 saturated carbocycles. The zero-order valence-electron chi connectivity index (χ0n) is 20.8. The number of hydrogen-bond donors (Lipinski definition) is 3. The molecule has 12 heteroatoms. The van der Waals surface area contributed by atoms with Crippen molar-refractivity contribution in [1.82, 2.24) is 15.1 Å². The number of alkyl halides is 3. The standard InChI is InChI=1S/C26H30F3N5O2S2/c1-17-15-22(37)33(16-17)23-19(24(35)32-38-18-5-3-2-4-6-18)7-8-20(30-23)34-13-9-21(31-34)36-14-12-25(10-11-25)26(27,28)29/h2-9,13,17,21-22,31,37H,10-12,14-16H2,1H3,(H,32,35)/t17-,21?,22?/m0/s1. The molecule has 0 bridgehead atoms. The van der Waals surface area contributed by atoms with Gasteiger partial charge in [0.05, 0.1) is 16.4 Å². The lowest BCUT2D eigenvalue weighted by Gasteiger charge is -2.26. The lowest BCUT2D eigenvalue weighted by atomic mass is 10.0.